The van der Waals surface area contributed by atoms with E-state index in [-0.39, 0.29) is 24.7 Å². The number of ether oxygens (including phenoxy) is 1. The predicted octanol–water partition coefficient (Wildman–Crippen LogP) is 5.24. The van der Waals surface area contributed by atoms with E-state index >= 15 is 0 Å². The van der Waals surface area contributed by atoms with Crippen LogP contribution in [0.4, 0.5) is 21.9 Å². The standard InChI is InChI=1S/C23H24N4O4.ClH/c1-16-14-21(22(27(29)30)17(2)25-16)26-20-10-8-18(9-11-20)12-13-24-23(28)31-15-19-6-4-3-5-7-19;/h3-11,14H,12-13,15H2,1-2H3,(H,24,28)(H,25,26);1H. The Morgan fingerprint density at radius 3 is 2.41 bits per heavy atom. The van der Waals surface area contributed by atoms with E-state index in [4.69, 9.17) is 4.74 Å². The number of amides is 1. The fourth-order valence-corrected chi connectivity index (χ4v) is 3.14. The van der Waals surface area contributed by atoms with Gasteiger partial charge < -0.3 is 15.4 Å². The SMILES string of the molecule is Cc1cc(Nc2ccc(CCNC(=O)OCc3ccccc3)cc2)c([N+](=O)[O-])c(C)n1.Cl. The Kier molecular flexibility index (Phi) is 8.97. The second-order valence-electron chi connectivity index (χ2n) is 7.06. The highest BCUT2D eigenvalue weighted by Gasteiger charge is 2.19. The van der Waals surface area contributed by atoms with Crippen molar-refractivity contribution in [1.29, 1.82) is 0 Å². The first kappa shape index (κ1) is 24.6. The van der Waals surface area contributed by atoms with Crippen LogP contribution in [0.5, 0.6) is 0 Å². The maximum absolute atomic E-state index is 11.8. The number of nitrogens with one attached hydrogen (secondary N) is 2. The number of carbonyl (C=O) groups excluding carboxylic acids is 1. The topological polar surface area (TPSA) is 106 Å². The van der Waals surface area contributed by atoms with Crippen LogP contribution >= 0.6 is 12.4 Å². The van der Waals surface area contributed by atoms with Crippen molar-refractivity contribution < 1.29 is 14.5 Å². The lowest BCUT2D eigenvalue weighted by atomic mass is 10.1. The van der Waals surface area contributed by atoms with E-state index in [1.165, 1.54) is 0 Å². The minimum atomic E-state index is -0.460. The van der Waals surface area contributed by atoms with E-state index < -0.39 is 11.0 Å². The highest BCUT2D eigenvalue weighted by atomic mass is 35.5. The third-order valence-electron chi connectivity index (χ3n) is 4.61. The van der Waals surface area contributed by atoms with Crippen molar-refractivity contribution in [3.8, 4) is 0 Å². The molecule has 9 heteroatoms. The first-order chi connectivity index (χ1) is 14.9. The molecule has 3 aromatic rings. The highest BCUT2D eigenvalue weighted by molar-refractivity contribution is 5.85. The molecule has 168 valence electrons. The van der Waals surface area contributed by atoms with Crippen molar-refractivity contribution in [2.75, 3.05) is 11.9 Å². The van der Waals surface area contributed by atoms with Gasteiger partial charge in [-0.05, 0) is 49.6 Å². The molecule has 0 spiro atoms. The van der Waals surface area contributed by atoms with Crippen LogP contribution in [0.15, 0.2) is 60.7 Å². The van der Waals surface area contributed by atoms with Gasteiger partial charge >= 0.3 is 11.8 Å². The van der Waals surface area contributed by atoms with Crippen molar-refractivity contribution in [2.24, 2.45) is 0 Å². The monoisotopic (exact) mass is 456 g/mol. The number of aromatic nitrogens is 1. The van der Waals surface area contributed by atoms with E-state index in [1.807, 2.05) is 54.6 Å². The second-order valence-corrected chi connectivity index (χ2v) is 7.06. The molecule has 8 nitrogen and oxygen atoms in total. The third-order valence-corrected chi connectivity index (χ3v) is 4.61. The van der Waals surface area contributed by atoms with Crippen LogP contribution in [0.1, 0.15) is 22.5 Å². The average molecular weight is 457 g/mol. The van der Waals surface area contributed by atoms with Crippen molar-refractivity contribution in [3.05, 3.63) is 93.3 Å². The van der Waals surface area contributed by atoms with Gasteiger partial charge in [0, 0.05) is 17.9 Å². The molecular formula is C23H25ClN4O4. The molecule has 2 N–H and O–H groups in total. The molecule has 32 heavy (non-hydrogen) atoms. The van der Waals surface area contributed by atoms with Gasteiger partial charge in [0.25, 0.3) is 0 Å². The highest BCUT2D eigenvalue weighted by Crippen LogP contribution is 2.30. The van der Waals surface area contributed by atoms with Crippen molar-refractivity contribution >= 4 is 35.6 Å². The van der Waals surface area contributed by atoms with Crippen LogP contribution in [0.25, 0.3) is 0 Å². The van der Waals surface area contributed by atoms with Gasteiger partial charge in [0.1, 0.15) is 18.0 Å². The minimum Gasteiger partial charge on any atom is -0.445 e. The maximum Gasteiger partial charge on any atom is 0.407 e. The summed E-state index contributed by atoms with van der Waals surface area (Å²) < 4.78 is 5.18. The number of nitrogens with zero attached hydrogens (tertiary/aromatic N) is 2. The lowest BCUT2D eigenvalue weighted by molar-refractivity contribution is -0.384. The number of aryl methyl sites for hydroxylation is 2. The Balaban J connectivity index is 0.00000363. The summed E-state index contributed by atoms with van der Waals surface area (Å²) in [6.45, 7) is 4.09. The molecule has 3 rings (SSSR count). The summed E-state index contributed by atoms with van der Waals surface area (Å²) in [5.74, 6) is 0. The maximum atomic E-state index is 11.8. The smallest absolute Gasteiger partial charge is 0.407 e. The van der Waals surface area contributed by atoms with Crippen molar-refractivity contribution in [1.82, 2.24) is 10.3 Å². The predicted molar refractivity (Wildman–Crippen MR) is 126 cm³/mol. The Morgan fingerprint density at radius 1 is 1.06 bits per heavy atom. The third kappa shape index (κ3) is 6.95. The molecule has 2 aromatic carbocycles. The van der Waals surface area contributed by atoms with E-state index in [9.17, 15) is 14.9 Å². The van der Waals surface area contributed by atoms with Crippen LogP contribution in [-0.2, 0) is 17.8 Å². The average Bonchev–Trinajstić information content (AvgIpc) is 2.73. The Bertz CT molecular complexity index is 1060. The first-order valence-corrected chi connectivity index (χ1v) is 9.85. The molecule has 0 saturated carbocycles. The Hall–Kier alpha value is -3.65. The minimum absolute atomic E-state index is 0. The van der Waals surface area contributed by atoms with Crippen LogP contribution < -0.4 is 10.6 Å². The van der Waals surface area contributed by atoms with Gasteiger partial charge in [-0.15, -0.1) is 12.4 Å². The summed E-state index contributed by atoms with van der Waals surface area (Å²) in [6.07, 6.45) is 0.173. The van der Waals surface area contributed by atoms with Gasteiger partial charge in [-0.2, -0.15) is 0 Å². The number of pyridine rings is 1. The summed E-state index contributed by atoms with van der Waals surface area (Å²) in [5.41, 5.74) is 4.12. The molecule has 0 atom stereocenters. The number of rotatable bonds is 8. The normalized spacial score (nSPS) is 10.1. The molecule has 0 aliphatic heterocycles. The van der Waals surface area contributed by atoms with Gasteiger partial charge in [-0.1, -0.05) is 42.5 Å². The number of halogens is 1. The summed E-state index contributed by atoms with van der Waals surface area (Å²) in [5, 5.41) is 17.2. The molecule has 0 aliphatic rings. The van der Waals surface area contributed by atoms with Crippen LogP contribution in [0.2, 0.25) is 0 Å². The fourth-order valence-electron chi connectivity index (χ4n) is 3.14. The van der Waals surface area contributed by atoms with Gasteiger partial charge in [0.2, 0.25) is 0 Å². The van der Waals surface area contributed by atoms with Gasteiger partial charge in [-0.25, -0.2) is 4.79 Å². The largest absolute Gasteiger partial charge is 0.445 e. The number of hydrogen-bond acceptors (Lipinski definition) is 6. The number of benzene rings is 2. The van der Waals surface area contributed by atoms with Gasteiger partial charge in [-0.3, -0.25) is 15.1 Å². The first-order valence-electron chi connectivity index (χ1n) is 9.85. The van der Waals surface area contributed by atoms with E-state index in [2.05, 4.69) is 15.6 Å². The van der Waals surface area contributed by atoms with Gasteiger partial charge in [0.05, 0.1) is 4.92 Å². The summed E-state index contributed by atoms with van der Waals surface area (Å²) in [4.78, 5) is 26.9. The van der Waals surface area contributed by atoms with E-state index in [1.54, 1.807) is 19.9 Å². The lowest BCUT2D eigenvalue weighted by Gasteiger charge is -2.11. The fraction of sp³-hybridized carbons (Fsp3) is 0.217. The summed E-state index contributed by atoms with van der Waals surface area (Å²) in [7, 11) is 0. The van der Waals surface area contributed by atoms with Gasteiger partial charge in [0.15, 0.2) is 0 Å². The number of alkyl carbamates (subject to hydrolysis) is 1. The Labute approximate surface area is 192 Å². The van der Waals surface area contributed by atoms with Crippen LogP contribution in [-0.4, -0.2) is 22.5 Å². The number of hydrogen-bond donors (Lipinski definition) is 2. The van der Waals surface area contributed by atoms with Crippen LogP contribution in [0, 0.1) is 24.0 Å². The molecule has 1 heterocycles. The Morgan fingerprint density at radius 2 is 1.75 bits per heavy atom. The molecule has 0 unspecified atom stereocenters. The van der Waals surface area contributed by atoms with Crippen LogP contribution in [0.3, 0.4) is 0 Å². The van der Waals surface area contributed by atoms with E-state index in [0.717, 1.165) is 16.8 Å². The van der Waals surface area contributed by atoms with Crippen molar-refractivity contribution in [3.63, 3.8) is 0 Å². The van der Waals surface area contributed by atoms with Crippen molar-refractivity contribution in [2.45, 2.75) is 26.9 Å². The molecule has 1 amide bonds. The zero-order valence-electron chi connectivity index (χ0n) is 17.8. The molecule has 0 radical (unpaired) electrons. The zero-order chi connectivity index (χ0) is 22.2. The summed E-state index contributed by atoms with van der Waals surface area (Å²) >= 11 is 0. The number of anilines is 2. The number of nitro groups is 1. The molecule has 0 fully saturated rings. The second kappa shape index (κ2) is 11.7. The number of carbonyl (C=O) groups is 1. The molecule has 1 aromatic heterocycles. The molecule has 0 aliphatic carbocycles. The molecule has 0 bridgehead atoms. The molecular weight excluding hydrogens is 432 g/mol. The van der Waals surface area contributed by atoms with E-state index in [0.29, 0.717) is 30.0 Å². The molecule has 0 saturated heterocycles. The zero-order valence-corrected chi connectivity index (χ0v) is 18.6. The quantitative estimate of drug-likeness (QED) is 0.354. The lowest BCUT2D eigenvalue weighted by Crippen LogP contribution is -2.26. The summed E-state index contributed by atoms with van der Waals surface area (Å²) in [6, 6.07) is 18.6.